The van der Waals surface area contributed by atoms with E-state index >= 15 is 0 Å². The van der Waals surface area contributed by atoms with Gasteiger partial charge in [0.05, 0.1) is 14.2 Å². The summed E-state index contributed by atoms with van der Waals surface area (Å²) < 4.78 is 10.7. The summed E-state index contributed by atoms with van der Waals surface area (Å²) in [6.45, 7) is 0. The second kappa shape index (κ2) is 7.50. The lowest BCUT2D eigenvalue weighted by atomic mass is 9.96. The smallest absolute Gasteiger partial charge is 0.221 e. The number of para-hydroxylation sites is 1. The average Bonchev–Trinajstić information content (AvgIpc) is 3.31. The highest BCUT2D eigenvalue weighted by Gasteiger charge is 2.40. The third kappa shape index (κ3) is 3.57. The van der Waals surface area contributed by atoms with Gasteiger partial charge >= 0.3 is 0 Å². The van der Waals surface area contributed by atoms with Gasteiger partial charge in [0.15, 0.2) is 17.3 Å². The number of tetrazole rings is 1. The maximum Gasteiger partial charge on any atom is 0.221 e. The van der Waals surface area contributed by atoms with Crippen LogP contribution in [0.2, 0.25) is 0 Å². The largest absolute Gasteiger partial charge is 0.493 e. The van der Waals surface area contributed by atoms with Gasteiger partial charge in [-0.2, -0.15) is 5.21 Å². The number of H-pyrrole nitrogens is 1. The summed E-state index contributed by atoms with van der Waals surface area (Å²) >= 11 is 0. The van der Waals surface area contributed by atoms with Crippen molar-refractivity contribution >= 4 is 5.91 Å². The molecule has 1 aromatic heterocycles. The minimum atomic E-state index is -0.497. The number of aryl methyl sites for hydroxylation is 1. The molecule has 3 rings (SSSR count). The minimum Gasteiger partial charge on any atom is -0.493 e. The van der Waals surface area contributed by atoms with Gasteiger partial charge < -0.3 is 14.8 Å². The SMILES string of the molecule is COc1cccc(CCC(=O)NC2(c3nn[nH]n3)CCCC2)c1OC. The Kier molecular flexibility index (Phi) is 5.16. The number of nitrogens with zero attached hydrogens (tertiary/aromatic N) is 3. The molecule has 0 aliphatic heterocycles. The molecule has 1 amide bonds. The van der Waals surface area contributed by atoms with Crippen LogP contribution in [-0.2, 0) is 16.8 Å². The highest BCUT2D eigenvalue weighted by molar-refractivity contribution is 5.77. The van der Waals surface area contributed by atoms with Crippen LogP contribution < -0.4 is 14.8 Å². The summed E-state index contributed by atoms with van der Waals surface area (Å²) in [5.41, 5.74) is 0.444. The van der Waals surface area contributed by atoms with Gasteiger partial charge in [0.1, 0.15) is 5.54 Å². The van der Waals surface area contributed by atoms with Crippen LogP contribution in [0.15, 0.2) is 18.2 Å². The first kappa shape index (κ1) is 17.2. The van der Waals surface area contributed by atoms with E-state index in [0.717, 1.165) is 31.2 Å². The van der Waals surface area contributed by atoms with E-state index in [-0.39, 0.29) is 5.91 Å². The van der Waals surface area contributed by atoms with Crippen molar-refractivity contribution in [2.24, 2.45) is 0 Å². The molecule has 1 aliphatic carbocycles. The lowest BCUT2D eigenvalue weighted by molar-refractivity contribution is -0.123. The van der Waals surface area contributed by atoms with E-state index in [1.165, 1.54) is 0 Å². The van der Waals surface area contributed by atoms with E-state index in [2.05, 4.69) is 25.9 Å². The molecular weight excluding hydrogens is 322 g/mol. The molecule has 8 nitrogen and oxygen atoms in total. The molecule has 1 fully saturated rings. The number of aromatic amines is 1. The summed E-state index contributed by atoms with van der Waals surface area (Å²) in [7, 11) is 3.20. The molecule has 134 valence electrons. The standard InChI is InChI=1S/C17H23N5O3/c1-24-13-7-5-6-12(15(13)25-2)8-9-14(23)18-17(10-3-4-11-17)16-19-21-22-20-16/h5-7H,3-4,8-11H2,1-2H3,(H,18,23)(H,19,20,21,22). The van der Waals surface area contributed by atoms with E-state index in [0.29, 0.717) is 30.2 Å². The lowest BCUT2D eigenvalue weighted by Crippen LogP contribution is -2.44. The predicted octanol–water partition coefficient (Wildman–Crippen LogP) is 1.74. The van der Waals surface area contributed by atoms with Gasteiger partial charge in [0.2, 0.25) is 5.91 Å². The van der Waals surface area contributed by atoms with Crippen molar-refractivity contribution in [1.82, 2.24) is 25.9 Å². The van der Waals surface area contributed by atoms with Crippen LogP contribution in [0.25, 0.3) is 0 Å². The molecule has 0 saturated heterocycles. The number of hydrogen-bond acceptors (Lipinski definition) is 6. The Hall–Kier alpha value is -2.64. The van der Waals surface area contributed by atoms with Gasteiger partial charge in [-0.3, -0.25) is 4.79 Å². The second-order valence-corrected chi connectivity index (χ2v) is 6.23. The number of benzene rings is 1. The van der Waals surface area contributed by atoms with Gasteiger partial charge in [-0.25, -0.2) is 0 Å². The Bertz CT molecular complexity index is 711. The Labute approximate surface area is 146 Å². The lowest BCUT2D eigenvalue weighted by Gasteiger charge is -2.26. The van der Waals surface area contributed by atoms with Crippen molar-refractivity contribution in [3.8, 4) is 11.5 Å². The number of carbonyl (C=O) groups is 1. The molecule has 1 aromatic carbocycles. The summed E-state index contributed by atoms with van der Waals surface area (Å²) in [4.78, 5) is 12.6. The molecule has 2 N–H and O–H groups in total. The van der Waals surface area contributed by atoms with E-state index < -0.39 is 5.54 Å². The normalized spacial score (nSPS) is 15.8. The molecule has 25 heavy (non-hydrogen) atoms. The van der Waals surface area contributed by atoms with Crippen molar-refractivity contribution in [3.63, 3.8) is 0 Å². The van der Waals surface area contributed by atoms with Gasteiger partial charge in [-0.1, -0.05) is 30.2 Å². The monoisotopic (exact) mass is 345 g/mol. The highest BCUT2D eigenvalue weighted by Crippen LogP contribution is 2.37. The topological polar surface area (TPSA) is 102 Å². The number of rotatable bonds is 7. The quantitative estimate of drug-likeness (QED) is 0.792. The van der Waals surface area contributed by atoms with Crippen molar-refractivity contribution in [2.75, 3.05) is 14.2 Å². The van der Waals surface area contributed by atoms with Crippen LogP contribution in [-0.4, -0.2) is 40.8 Å². The molecule has 0 radical (unpaired) electrons. The Balaban J connectivity index is 1.67. The van der Waals surface area contributed by atoms with E-state index in [9.17, 15) is 4.79 Å². The molecule has 1 aliphatic rings. The number of ether oxygens (including phenoxy) is 2. The first-order valence-electron chi connectivity index (χ1n) is 8.43. The van der Waals surface area contributed by atoms with Gasteiger partial charge in [-0.15, -0.1) is 10.2 Å². The number of amides is 1. The third-order valence-electron chi connectivity index (χ3n) is 4.72. The molecule has 1 saturated carbocycles. The number of carbonyl (C=O) groups excluding carboxylic acids is 1. The second-order valence-electron chi connectivity index (χ2n) is 6.23. The van der Waals surface area contributed by atoms with Gasteiger partial charge in [-0.05, 0) is 30.9 Å². The summed E-state index contributed by atoms with van der Waals surface area (Å²) in [6.07, 6.45) is 4.66. The molecule has 0 unspecified atom stereocenters. The summed E-state index contributed by atoms with van der Waals surface area (Å²) in [5.74, 6) is 1.87. The van der Waals surface area contributed by atoms with Crippen LogP contribution in [0.5, 0.6) is 11.5 Å². The fraction of sp³-hybridized carbons (Fsp3) is 0.529. The summed E-state index contributed by atoms with van der Waals surface area (Å²) in [6, 6.07) is 5.68. The fourth-order valence-electron chi connectivity index (χ4n) is 3.48. The van der Waals surface area contributed by atoms with Crippen LogP contribution >= 0.6 is 0 Å². The minimum absolute atomic E-state index is 0.0310. The molecule has 0 spiro atoms. The first-order chi connectivity index (χ1) is 12.2. The van der Waals surface area contributed by atoms with E-state index in [4.69, 9.17) is 9.47 Å². The first-order valence-corrected chi connectivity index (χ1v) is 8.43. The molecule has 2 aromatic rings. The molecule has 0 bridgehead atoms. The van der Waals surface area contributed by atoms with Crippen molar-refractivity contribution < 1.29 is 14.3 Å². The number of methoxy groups -OCH3 is 2. The number of hydrogen-bond donors (Lipinski definition) is 2. The molecule has 0 atom stereocenters. The molecular formula is C17H23N5O3. The van der Waals surface area contributed by atoms with Crippen LogP contribution in [0, 0.1) is 0 Å². The van der Waals surface area contributed by atoms with Crippen LogP contribution in [0.1, 0.15) is 43.5 Å². The van der Waals surface area contributed by atoms with Crippen molar-refractivity contribution in [2.45, 2.75) is 44.1 Å². The zero-order chi connectivity index (χ0) is 17.7. The Morgan fingerprint density at radius 1 is 1.28 bits per heavy atom. The number of nitrogens with one attached hydrogen (secondary N) is 2. The molecule has 1 heterocycles. The highest BCUT2D eigenvalue weighted by atomic mass is 16.5. The zero-order valence-electron chi connectivity index (χ0n) is 14.5. The number of aromatic nitrogens is 4. The van der Waals surface area contributed by atoms with Crippen molar-refractivity contribution in [3.05, 3.63) is 29.6 Å². The average molecular weight is 345 g/mol. The zero-order valence-corrected chi connectivity index (χ0v) is 14.5. The summed E-state index contributed by atoms with van der Waals surface area (Å²) in [5, 5.41) is 17.4. The van der Waals surface area contributed by atoms with E-state index in [1.54, 1.807) is 14.2 Å². The Morgan fingerprint density at radius 3 is 2.72 bits per heavy atom. The maximum absolute atomic E-state index is 12.6. The van der Waals surface area contributed by atoms with Crippen molar-refractivity contribution in [1.29, 1.82) is 0 Å². The van der Waals surface area contributed by atoms with Crippen LogP contribution in [0.4, 0.5) is 0 Å². The Morgan fingerprint density at radius 2 is 2.08 bits per heavy atom. The van der Waals surface area contributed by atoms with Gasteiger partial charge in [0, 0.05) is 6.42 Å². The maximum atomic E-state index is 12.6. The predicted molar refractivity (Wildman–Crippen MR) is 90.3 cm³/mol. The molecule has 8 heteroatoms. The van der Waals surface area contributed by atoms with Crippen LogP contribution in [0.3, 0.4) is 0 Å². The fourth-order valence-corrected chi connectivity index (χ4v) is 3.48. The van der Waals surface area contributed by atoms with E-state index in [1.807, 2.05) is 18.2 Å². The van der Waals surface area contributed by atoms with Gasteiger partial charge in [0.25, 0.3) is 0 Å². The third-order valence-corrected chi connectivity index (χ3v) is 4.72.